The van der Waals surface area contributed by atoms with E-state index in [4.69, 9.17) is 5.11 Å². The van der Waals surface area contributed by atoms with Gasteiger partial charge in [-0.3, -0.25) is 0 Å². The lowest BCUT2D eigenvalue weighted by Crippen LogP contribution is -1.96. The maximum atomic E-state index is 9.21. The average Bonchev–Trinajstić information content (AvgIpc) is 2.25. The summed E-state index contributed by atoms with van der Waals surface area (Å²) in [7, 11) is 0. The van der Waals surface area contributed by atoms with Crippen LogP contribution in [0.2, 0.25) is 0 Å². The first-order valence-electron chi connectivity index (χ1n) is 5.09. The van der Waals surface area contributed by atoms with Gasteiger partial charge in [0.05, 0.1) is 5.76 Å². The van der Waals surface area contributed by atoms with Crippen LogP contribution in [0.1, 0.15) is 18.4 Å². The van der Waals surface area contributed by atoms with E-state index in [1.165, 1.54) is 11.1 Å². The van der Waals surface area contributed by atoms with E-state index in [1.54, 1.807) is 18.2 Å². The Morgan fingerprint density at radius 3 is 2.27 bits per heavy atom. The highest BCUT2D eigenvalue weighted by molar-refractivity contribution is 5.31. The molecule has 15 heavy (non-hydrogen) atoms. The van der Waals surface area contributed by atoms with E-state index in [1.807, 2.05) is 18.2 Å². The summed E-state index contributed by atoms with van der Waals surface area (Å²) < 4.78 is 0. The van der Waals surface area contributed by atoms with Crippen LogP contribution in [0.4, 0.5) is 0 Å². The quantitative estimate of drug-likeness (QED) is 0.773. The Kier molecular flexibility index (Phi) is 2.77. The van der Waals surface area contributed by atoms with Crippen molar-refractivity contribution in [3.63, 3.8) is 0 Å². The van der Waals surface area contributed by atoms with Gasteiger partial charge in [-0.1, -0.05) is 23.8 Å². The molecule has 0 bridgehead atoms. The number of rotatable bonds is 2. The highest BCUT2D eigenvalue weighted by Crippen LogP contribution is 2.21. The van der Waals surface area contributed by atoms with E-state index in [2.05, 4.69) is 0 Å². The van der Waals surface area contributed by atoms with Crippen LogP contribution in [0.25, 0.3) is 0 Å². The molecule has 1 aromatic carbocycles. The summed E-state index contributed by atoms with van der Waals surface area (Å²) in [4.78, 5) is 0. The molecule has 0 heterocycles. The van der Waals surface area contributed by atoms with Crippen molar-refractivity contribution < 1.29 is 10.2 Å². The fourth-order valence-corrected chi connectivity index (χ4v) is 1.69. The van der Waals surface area contributed by atoms with E-state index < -0.39 is 0 Å². The van der Waals surface area contributed by atoms with Gasteiger partial charge in [0.25, 0.3) is 0 Å². The molecule has 2 heteroatoms. The summed E-state index contributed by atoms with van der Waals surface area (Å²) in [5, 5.41) is 18.4. The Morgan fingerprint density at radius 1 is 0.933 bits per heavy atom. The highest BCUT2D eigenvalue weighted by atomic mass is 16.3. The molecule has 78 valence electrons. The fourth-order valence-electron chi connectivity index (χ4n) is 1.69. The maximum Gasteiger partial charge on any atom is 0.115 e. The third kappa shape index (κ3) is 2.62. The molecular formula is C13H14O2. The van der Waals surface area contributed by atoms with Gasteiger partial charge in [-0.25, -0.2) is 0 Å². The molecule has 0 fully saturated rings. The standard InChI is InChI=1S/C13H14O2/c14-12-5-1-10(2-6-12)9-11-3-7-13(15)8-4-11/h1-3,5-7,14-15H,4,8-9H2. The highest BCUT2D eigenvalue weighted by Gasteiger charge is 2.05. The molecule has 0 saturated heterocycles. The molecule has 0 amide bonds. The van der Waals surface area contributed by atoms with Crippen LogP contribution in [0.15, 0.2) is 47.7 Å². The molecule has 2 nitrogen and oxygen atoms in total. The second kappa shape index (κ2) is 4.22. The molecule has 1 aliphatic rings. The van der Waals surface area contributed by atoms with E-state index in [-0.39, 0.29) is 0 Å². The van der Waals surface area contributed by atoms with E-state index >= 15 is 0 Å². The van der Waals surface area contributed by atoms with Crippen molar-refractivity contribution in [1.29, 1.82) is 0 Å². The number of hydrogen-bond donors (Lipinski definition) is 2. The Bertz CT molecular complexity index is 399. The zero-order valence-electron chi connectivity index (χ0n) is 8.48. The predicted molar refractivity (Wildman–Crippen MR) is 59.8 cm³/mol. The first-order valence-corrected chi connectivity index (χ1v) is 5.09. The summed E-state index contributed by atoms with van der Waals surface area (Å²) in [6.45, 7) is 0. The van der Waals surface area contributed by atoms with Gasteiger partial charge in [-0.2, -0.15) is 0 Å². The van der Waals surface area contributed by atoms with Crippen LogP contribution in [-0.4, -0.2) is 10.2 Å². The zero-order chi connectivity index (χ0) is 10.7. The topological polar surface area (TPSA) is 40.5 Å². The zero-order valence-corrected chi connectivity index (χ0v) is 8.48. The minimum Gasteiger partial charge on any atom is -0.512 e. The molecule has 0 aromatic heterocycles. The van der Waals surface area contributed by atoms with Crippen LogP contribution >= 0.6 is 0 Å². The van der Waals surface area contributed by atoms with Gasteiger partial charge in [0.2, 0.25) is 0 Å². The van der Waals surface area contributed by atoms with Gasteiger partial charge in [-0.05, 0) is 36.6 Å². The number of aromatic hydroxyl groups is 1. The number of hydrogen-bond acceptors (Lipinski definition) is 2. The molecule has 0 saturated carbocycles. The van der Waals surface area contributed by atoms with Crippen LogP contribution in [0.3, 0.4) is 0 Å². The maximum absolute atomic E-state index is 9.21. The average molecular weight is 202 g/mol. The summed E-state index contributed by atoms with van der Waals surface area (Å²) in [5.74, 6) is 0.762. The number of phenolic OH excluding ortho intramolecular Hbond substituents is 1. The minimum absolute atomic E-state index is 0.300. The Labute approximate surface area is 89.2 Å². The van der Waals surface area contributed by atoms with Crippen molar-refractivity contribution in [3.8, 4) is 5.75 Å². The number of aliphatic hydroxyl groups is 1. The van der Waals surface area contributed by atoms with Crippen LogP contribution < -0.4 is 0 Å². The van der Waals surface area contributed by atoms with Crippen molar-refractivity contribution >= 4 is 0 Å². The molecule has 1 aromatic rings. The van der Waals surface area contributed by atoms with Gasteiger partial charge in [0, 0.05) is 6.42 Å². The third-order valence-corrected chi connectivity index (χ3v) is 2.58. The van der Waals surface area contributed by atoms with Crippen molar-refractivity contribution in [2.24, 2.45) is 0 Å². The molecule has 0 aliphatic heterocycles. The summed E-state index contributed by atoms with van der Waals surface area (Å²) in [5.41, 5.74) is 2.51. The Balaban J connectivity index is 2.06. The van der Waals surface area contributed by atoms with Gasteiger partial charge in [0.15, 0.2) is 0 Å². The summed E-state index contributed by atoms with van der Waals surface area (Å²) in [6, 6.07) is 7.25. The van der Waals surface area contributed by atoms with Gasteiger partial charge < -0.3 is 10.2 Å². The fraction of sp³-hybridized carbons (Fsp3) is 0.231. The van der Waals surface area contributed by atoms with E-state index in [0.29, 0.717) is 11.5 Å². The molecule has 0 unspecified atom stereocenters. The van der Waals surface area contributed by atoms with Crippen molar-refractivity contribution in [2.45, 2.75) is 19.3 Å². The van der Waals surface area contributed by atoms with Gasteiger partial charge in [-0.15, -0.1) is 0 Å². The van der Waals surface area contributed by atoms with E-state index in [0.717, 1.165) is 19.3 Å². The lowest BCUT2D eigenvalue weighted by atomic mass is 9.97. The predicted octanol–water partition coefficient (Wildman–Crippen LogP) is 3.10. The number of benzene rings is 1. The van der Waals surface area contributed by atoms with Crippen LogP contribution in [0, 0.1) is 0 Å². The third-order valence-electron chi connectivity index (χ3n) is 2.58. The molecular weight excluding hydrogens is 188 g/mol. The van der Waals surface area contributed by atoms with Gasteiger partial charge in [0.1, 0.15) is 5.75 Å². The Morgan fingerprint density at radius 2 is 1.67 bits per heavy atom. The second-order valence-electron chi connectivity index (χ2n) is 3.83. The molecule has 0 atom stereocenters. The van der Waals surface area contributed by atoms with Crippen LogP contribution in [0.5, 0.6) is 5.75 Å². The van der Waals surface area contributed by atoms with Crippen molar-refractivity contribution in [3.05, 3.63) is 53.3 Å². The first kappa shape index (κ1) is 9.84. The minimum atomic E-state index is 0.300. The molecule has 2 N–H and O–H groups in total. The lowest BCUT2D eigenvalue weighted by Gasteiger charge is -2.11. The molecule has 2 rings (SSSR count). The largest absolute Gasteiger partial charge is 0.512 e. The number of allylic oxidation sites excluding steroid dienone is 4. The van der Waals surface area contributed by atoms with Crippen LogP contribution in [-0.2, 0) is 6.42 Å². The number of aliphatic hydroxyl groups excluding tert-OH is 1. The lowest BCUT2D eigenvalue weighted by molar-refractivity contribution is 0.385. The SMILES string of the molecule is OC1=CC=C(Cc2ccc(O)cc2)CC1. The second-order valence-corrected chi connectivity index (χ2v) is 3.83. The van der Waals surface area contributed by atoms with Gasteiger partial charge >= 0.3 is 0 Å². The van der Waals surface area contributed by atoms with E-state index in [9.17, 15) is 5.11 Å². The summed E-state index contributed by atoms with van der Waals surface area (Å²) in [6.07, 6.45) is 6.29. The number of phenols is 1. The normalized spacial score (nSPS) is 15.7. The molecule has 1 aliphatic carbocycles. The first-order chi connectivity index (χ1) is 7.24. The summed E-state index contributed by atoms with van der Waals surface area (Å²) >= 11 is 0. The molecule has 0 spiro atoms. The van der Waals surface area contributed by atoms with Crippen molar-refractivity contribution in [2.75, 3.05) is 0 Å². The smallest absolute Gasteiger partial charge is 0.115 e. The monoisotopic (exact) mass is 202 g/mol. The molecule has 0 radical (unpaired) electrons. The Hall–Kier alpha value is -1.70. The van der Waals surface area contributed by atoms with Crippen molar-refractivity contribution in [1.82, 2.24) is 0 Å².